The second kappa shape index (κ2) is 11.9. The minimum absolute atomic E-state index is 0.0311. The SMILES string of the molecule is CC(C)(C)[Si](C)(C)OC[C@H]1OC(=O)[C@H](O[Si](C)(C)C(C)(C)C)[C@@H](O[Si](C)(C)C(C)(C)C)[C@H]1O[Si](C)(C)C(C)(C)C. The van der Waals surface area contributed by atoms with Gasteiger partial charge in [-0.1, -0.05) is 83.1 Å². The number of esters is 1. The van der Waals surface area contributed by atoms with Crippen LogP contribution >= 0.6 is 0 Å². The molecule has 238 valence electrons. The topological polar surface area (TPSA) is 63.2 Å². The Morgan fingerprint density at radius 2 is 0.875 bits per heavy atom. The van der Waals surface area contributed by atoms with Gasteiger partial charge in [0.05, 0.1) is 6.61 Å². The van der Waals surface area contributed by atoms with Crippen LogP contribution in [0.1, 0.15) is 83.1 Å². The Kier molecular flexibility index (Phi) is 11.4. The van der Waals surface area contributed by atoms with Gasteiger partial charge < -0.3 is 22.4 Å². The highest BCUT2D eigenvalue weighted by Gasteiger charge is 2.57. The first-order valence-corrected chi connectivity index (χ1v) is 26.8. The molecule has 0 unspecified atom stereocenters. The van der Waals surface area contributed by atoms with Crippen molar-refractivity contribution in [2.24, 2.45) is 0 Å². The van der Waals surface area contributed by atoms with Crippen molar-refractivity contribution >= 4 is 39.2 Å². The molecule has 0 amide bonds. The number of carbonyl (C=O) groups is 1. The minimum atomic E-state index is -2.35. The molecule has 1 rings (SSSR count). The lowest BCUT2D eigenvalue weighted by molar-refractivity contribution is -0.199. The monoisotopic (exact) mass is 634 g/mol. The first-order valence-electron chi connectivity index (χ1n) is 15.2. The van der Waals surface area contributed by atoms with Crippen molar-refractivity contribution < 1.29 is 27.2 Å². The van der Waals surface area contributed by atoms with Crippen molar-refractivity contribution in [3.8, 4) is 0 Å². The fraction of sp³-hybridized carbons (Fsp3) is 0.967. The molecule has 1 heterocycles. The predicted octanol–water partition coefficient (Wildman–Crippen LogP) is 9.10. The average molecular weight is 635 g/mol. The first-order chi connectivity index (χ1) is 17.3. The molecule has 1 saturated heterocycles. The Morgan fingerprint density at radius 1 is 0.550 bits per heavy atom. The standard InChI is InChI=1S/C30H66O6Si4/c1-27(2,3)37(13,14)32-21-22-23(34-38(15,16)28(4,5)6)24(35-39(17,18)29(7,8)9)25(26(31)33-22)36-40(19,20)30(10,11)12/h22-25H,21H2,1-20H3/t22-,23+,24+,25-/m1/s1. The Labute approximate surface area is 252 Å². The van der Waals surface area contributed by atoms with E-state index >= 15 is 0 Å². The number of hydrogen-bond acceptors (Lipinski definition) is 6. The summed E-state index contributed by atoms with van der Waals surface area (Å²) in [6, 6.07) is 0. The number of ether oxygens (including phenoxy) is 1. The molecular formula is C30H66O6Si4. The van der Waals surface area contributed by atoms with Crippen LogP contribution in [0.4, 0.5) is 0 Å². The lowest BCUT2D eigenvalue weighted by Gasteiger charge is -2.52. The highest BCUT2D eigenvalue weighted by atomic mass is 28.4. The Hall–Kier alpha value is 0.178. The van der Waals surface area contributed by atoms with Crippen LogP contribution in [0.15, 0.2) is 0 Å². The quantitative estimate of drug-likeness (QED) is 0.186. The zero-order valence-electron chi connectivity index (χ0n) is 30.0. The van der Waals surface area contributed by atoms with Crippen molar-refractivity contribution in [3.63, 3.8) is 0 Å². The van der Waals surface area contributed by atoms with Crippen LogP contribution in [0.25, 0.3) is 0 Å². The van der Waals surface area contributed by atoms with E-state index in [4.69, 9.17) is 22.4 Å². The molecule has 0 N–H and O–H groups in total. The summed E-state index contributed by atoms with van der Waals surface area (Å²) in [5.41, 5.74) is 0. The second-order valence-corrected chi connectivity index (χ2v) is 37.1. The van der Waals surface area contributed by atoms with Gasteiger partial charge in [-0.2, -0.15) is 0 Å². The maximum Gasteiger partial charge on any atom is 0.337 e. The third kappa shape index (κ3) is 8.86. The minimum Gasteiger partial charge on any atom is -0.455 e. The van der Waals surface area contributed by atoms with Gasteiger partial charge in [0, 0.05) is 0 Å². The van der Waals surface area contributed by atoms with Gasteiger partial charge in [0.2, 0.25) is 0 Å². The summed E-state index contributed by atoms with van der Waals surface area (Å²) >= 11 is 0. The largest absolute Gasteiger partial charge is 0.455 e. The summed E-state index contributed by atoms with van der Waals surface area (Å²) in [5, 5.41) is -0.125. The molecule has 0 aromatic carbocycles. The highest BCUT2D eigenvalue weighted by Crippen LogP contribution is 2.45. The van der Waals surface area contributed by atoms with Crippen molar-refractivity contribution in [2.45, 2.75) is 180 Å². The van der Waals surface area contributed by atoms with Crippen molar-refractivity contribution in [1.29, 1.82) is 0 Å². The molecule has 1 aliphatic rings. The molecule has 0 bridgehead atoms. The normalized spacial score (nSPS) is 24.8. The van der Waals surface area contributed by atoms with E-state index in [0.29, 0.717) is 6.61 Å². The summed E-state index contributed by atoms with van der Waals surface area (Å²) in [5.74, 6) is -0.354. The van der Waals surface area contributed by atoms with Crippen molar-refractivity contribution in [3.05, 3.63) is 0 Å². The second-order valence-electron chi connectivity index (χ2n) is 18.0. The van der Waals surface area contributed by atoms with Gasteiger partial charge in [0.1, 0.15) is 12.2 Å². The van der Waals surface area contributed by atoms with E-state index < -0.39 is 57.7 Å². The maximum absolute atomic E-state index is 13.9. The lowest BCUT2D eigenvalue weighted by atomic mass is 10.0. The molecule has 0 aromatic heterocycles. The van der Waals surface area contributed by atoms with Gasteiger partial charge in [-0.15, -0.1) is 0 Å². The number of carbonyl (C=O) groups excluding carboxylic acids is 1. The summed E-state index contributed by atoms with van der Waals surface area (Å²) in [6.07, 6.45) is -2.45. The number of cyclic esters (lactones) is 1. The maximum atomic E-state index is 13.9. The number of rotatable bonds is 9. The summed E-state index contributed by atoms with van der Waals surface area (Å²) in [6.45, 7) is 44.7. The molecule has 0 spiro atoms. The lowest BCUT2D eigenvalue weighted by Crippen LogP contribution is -2.67. The van der Waals surface area contributed by atoms with E-state index in [-0.39, 0.29) is 26.1 Å². The van der Waals surface area contributed by atoms with E-state index in [1.165, 1.54) is 0 Å². The summed E-state index contributed by atoms with van der Waals surface area (Å²) < 4.78 is 34.2. The van der Waals surface area contributed by atoms with E-state index in [0.717, 1.165) is 0 Å². The zero-order chi connectivity index (χ0) is 32.1. The van der Waals surface area contributed by atoms with Crippen LogP contribution in [-0.2, 0) is 27.2 Å². The molecule has 6 nitrogen and oxygen atoms in total. The molecule has 0 saturated carbocycles. The van der Waals surface area contributed by atoms with E-state index in [1.54, 1.807) is 0 Å². The predicted molar refractivity (Wildman–Crippen MR) is 179 cm³/mol. The van der Waals surface area contributed by atoms with Crippen LogP contribution < -0.4 is 0 Å². The molecule has 0 radical (unpaired) electrons. The molecule has 4 atom stereocenters. The third-order valence-electron chi connectivity index (χ3n) is 10.6. The Balaban J connectivity index is 3.77. The van der Waals surface area contributed by atoms with Gasteiger partial charge >= 0.3 is 5.97 Å². The van der Waals surface area contributed by atoms with Crippen molar-refractivity contribution in [2.75, 3.05) is 6.61 Å². The summed E-state index contributed by atoms with van der Waals surface area (Å²) in [4.78, 5) is 13.9. The molecular weight excluding hydrogens is 569 g/mol. The van der Waals surface area contributed by atoms with Gasteiger partial charge in [-0.25, -0.2) is 4.79 Å². The molecule has 1 fully saturated rings. The first kappa shape index (κ1) is 38.2. The fourth-order valence-corrected chi connectivity index (χ4v) is 8.20. The van der Waals surface area contributed by atoms with Gasteiger partial charge in [0.15, 0.2) is 45.5 Å². The molecule has 1 aliphatic heterocycles. The molecule has 40 heavy (non-hydrogen) atoms. The van der Waals surface area contributed by atoms with Gasteiger partial charge in [-0.05, 0) is 72.5 Å². The average Bonchev–Trinajstić information content (AvgIpc) is 2.67. The Bertz CT molecular complexity index is 873. The van der Waals surface area contributed by atoms with Crippen LogP contribution in [0.2, 0.25) is 72.5 Å². The zero-order valence-corrected chi connectivity index (χ0v) is 34.0. The molecule has 10 heteroatoms. The molecule has 0 aromatic rings. The Morgan fingerprint density at radius 3 is 1.23 bits per heavy atom. The molecule has 0 aliphatic carbocycles. The van der Waals surface area contributed by atoms with E-state index in [1.807, 2.05) is 0 Å². The van der Waals surface area contributed by atoms with Gasteiger partial charge in [0.25, 0.3) is 0 Å². The van der Waals surface area contributed by atoms with Crippen LogP contribution in [0, 0.1) is 0 Å². The van der Waals surface area contributed by atoms with Crippen LogP contribution in [0.5, 0.6) is 0 Å². The van der Waals surface area contributed by atoms with E-state index in [2.05, 4.69) is 135 Å². The van der Waals surface area contributed by atoms with Crippen molar-refractivity contribution in [1.82, 2.24) is 0 Å². The third-order valence-corrected chi connectivity index (χ3v) is 28.5. The highest BCUT2D eigenvalue weighted by molar-refractivity contribution is 6.75. The van der Waals surface area contributed by atoms with Gasteiger partial charge in [-0.3, -0.25) is 0 Å². The van der Waals surface area contributed by atoms with Crippen LogP contribution in [-0.4, -0.2) is 70.3 Å². The van der Waals surface area contributed by atoms with E-state index in [9.17, 15) is 4.79 Å². The number of hydrogen-bond donors (Lipinski definition) is 0. The van der Waals surface area contributed by atoms with Crippen LogP contribution in [0.3, 0.4) is 0 Å². The fourth-order valence-electron chi connectivity index (χ4n) is 3.35. The smallest absolute Gasteiger partial charge is 0.337 e. The summed E-state index contributed by atoms with van der Waals surface area (Å²) in [7, 11) is -9.09.